The lowest BCUT2D eigenvalue weighted by Crippen LogP contribution is -2.30. The molecule has 0 spiro atoms. The van der Waals surface area contributed by atoms with E-state index in [1.165, 1.54) is 6.92 Å². The quantitative estimate of drug-likeness (QED) is 0.818. The highest BCUT2D eigenvalue weighted by molar-refractivity contribution is 5.97. The van der Waals surface area contributed by atoms with Crippen molar-refractivity contribution < 1.29 is 19.1 Å². The smallest absolute Gasteiger partial charge is 0.338 e. The molecule has 0 radical (unpaired) electrons. The summed E-state index contributed by atoms with van der Waals surface area (Å²) in [7, 11) is 5.42. The van der Waals surface area contributed by atoms with Crippen LogP contribution in [0.1, 0.15) is 17.3 Å². The zero-order valence-corrected chi connectivity index (χ0v) is 14.8. The predicted molar refractivity (Wildman–Crippen MR) is 97.3 cm³/mol. The lowest BCUT2D eigenvalue weighted by atomic mass is 10.2. The number of hydrogen-bond donors (Lipinski definition) is 1. The van der Waals surface area contributed by atoms with Gasteiger partial charge in [-0.2, -0.15) is 0 Å². The molecule has 2 aromatic carbocycles. The van der Waals surface area contributed by atoms with Crippen LogP contribution in [0.5, 0.6) is 5.75 Å². The molecule has 0 aliphatic heterocycles. The Hall–Kier alpha value is -3.02. The van der Waals surface area contributed by atoms with Crippen molar-refractivity contribution in [1.29, 1.82) is 0 Å². The van der Waals surface area contributed by atoms with E-state index in [4.69, 9.17) is 9.47 Å². The molecule has 2 aromatic rings. The van der Waals surface area contributed by atoms with Crippen molar-refractivity contribution in [3.05, 3.63) is 54.1 Å². The zero-order valence-electron chi connectivity index (χ0n) is 14.8. The van der Waals surface area contributed by atoms with Crippen LogP contribution in [0.4, 0.5) is 11.4 Å². The molecule has 0 saturated heterocycles. The van der Waals surface area contributed by atoms with Gasteiger partial charge in [0, 0.05) is 25.5 Å². The fourth-order valence-corrected chi connectivity index (χ4v) is 2.10. The van der Waals surface area contributed by atoms with E-state index in [1.54, 1.807) is 43.5 Å². The normalized spacial score (nSPS) is 11.4. The molecule has 132 valence electrons. The minimum atomic E-state index is -0.914. The Morgan fingerprint density at radius 2 is 1.60 bits per heavy atom. The number of carbonyl (C=O) groups is 2. The van der Waals surface area contributed by atoms with Crippen molar-refractivity contribution in [3.63, 3.8) is 0 Å². The summed E-state index contributed by atoms with van der Waals surface area (Å²) in [4.78, 5) is 26.2. The molecule has 0 bridgehead atoms. The first-order chi connectivity index (χ1) is 11.9. The summed E-state index contributed by atoms with van der Waals surface area (Å²) in [5.74, 6) is -0.309. The summed E-state index contributed by atoms with van der Waals surface area (Å²) >= 11 is 0. The van der Waals surface area contributed by atoms with Crippen molar-refractivity contribution in [2.75, 3.05) is 31.4 Å². The van der Waals surface area contributed by atoms with Gasteiger partial charge in [0.2, 0.25) is 0 Å². The van der Waals surface area contributed by atoms with Gasteiger partial charge in [0.25, 0.3) is 5.91 Å². The summed E-state index contributed by atoms with van der Waals surface area (Å²) in [6, 6.07) is 13.9. The van der Waals surface area contributed by atoms with E-state index in [1.807, 2.05) is 31.1 Å². The Bertz CT molecular complexity index is 724. The molecule has 6 heteroatoms. The predicted octanol–water partition coefficient (Wildman–Crippen LogP) is 2.95. The number of ether oxygens (including phenoxy) is 2. The van der Waals surface area contributed by atoms with Crippen molar-refractivity contribution in [1.82, 2.24) is 0 Å². The molecular weight excluding hydrogens is 320 g/mol. The molecule has 0 aliphatic carbocycles. The molecule has 1 amide bonds. The molecule has 1 atom stereocenters. The molecule has 6 nitrogen and oxygen atoms in total. The van der Waals surface area contributed by atoms with E-state index >= 15 is 0 Å². The van der Waals surface area contributed by atoms with Crippen LogP contribution in [0.15, 0.2) is 48.5 Å². The van der Waals surface area contributed by atoms with Crippen LogP contribution in [0.2, 0.25) is 0 Å². The average Bonchev–Trinajstić information content (AvgIpc) is 2.62. The van der Waals surface area contributed by atoms with Crippen LogP contribution in [0.25, 0.3) is 0 Å². The van der Waals surface area contributed by atoms with Gasteiger partial charge < -0.3 is 19.7 Å². The number of carbonyl (C=O) groups excluding carboxylic acids is 2. The molecule has 1 N–H and O–H groups in total. The number of anilines is 2. The molecule has 0 heterocycles. The highest BCUT2D eigenvalue weighted by Gasteiger charge is 2.19. The van der Waals surface area contributed by atoms with Crippen molar-refractivity contribution in [2.45, 2.75) is 13.0 Å². The topological polar surface area (TPSA) is 67.9 Å². The summed E-state index contributed by atoms with van der Waals surface area (Å²) in [6.45, 7) is 1.53. The third-order valence-electron chi connectivity index (χ3n) is 3.63. The third kappa shape index (κ3) is 4.97. The van der Waals surface area contributed by atoms with Crippen LogP contribution in [0, 0.1) is 0 Å². The fraction of sp³-hybridized carbons (Fsp3) is 0.263. The minimum Gasteiger partial charge on any atom is -0.497 e. The zero-order chi connectivity index (χ0) is 18.4. The molecular formula is C19H22N2O4. The monoisotopic (exact) mass is 342 g/mol. The molecule has 0 aromatic heterocycles. The number of hydrogen-bond acceptors (Lipinski definition) is 5. The lowest BCUT2D eigenvalue weighted by Gasteiger charge is -2.15. The van der Waals surface area contributed by atoms with Crippen LogP contribution in [0.3, 0.4) is 0 Å². The second-order valence-electron chi connectivity index (χ2n) is 5.71. The number of methoxy groups -OCH3 is 1. The van der Waals surface area contributed by atoms with Gasteiger partial charge in [-0.1, -0.05) is 0 Å². The van der Waals surface area contributed by atoms with E-state index in [0.717, 1.165) is 5.69 Å². The molecule has 0 fully saturated rings. The van der Waals surface area contributed by atoms with Gasteiger partial charge >= 0.3 is 5.97 Å². The van der Waals surface area contributed by atoms with E-state index < -0.39 is 12.1 Å². The third-order valence-corrected chi connectivity index (χ3v) is 3.63. The maximum atomic E-state index is 12.2. The van der Waals surface area contributed by atoms with Crippen LogP contribution in [-0.2, 0) is 9.53 Å². The summed E-state index contributed by atoms with van der Waals surface area (Å²) in [5.41, 5.74) is 2.02. The Kier molecular flexibility index (Phi) is 6.00. The second kappa shape index (κ2) is 8.19. The van der Waals surface area contributed by atoms with E-state index in [-0.39, 0.29) is 5.91 Å². The number of rotatable bonds is 6. The highest BCUT2D eigenvalue weighted by atomic mass is 16.5. The van der Waals surface area contributed by atoms with Gasteiger partial charge in [0.05, 0.1) is 12.7 Å². The van der Waals surface area contributed by atoms with E-state index in [9.17, 15) is 9.59 Å². The first-order valence-corrected chi connectivity index (χ1v) is 7.84. The maximum Gasteiger partial charge on any atom is 0.338 e. The molecule has 0 aliphatic rings. The number of esters is 1. The Balaban J connectivity index is 1.93. The standard InChI is InChI=1S/C19H22N2O4/c1-13(25-19(23)14-5-11-17(24-4)12-6-14)18(22)20-15-7-9-16(10-8-15)21(2)3/h5-13H,1-4H3,(H,20,22)/t13-/m1/s1. The first kappa shape index (κ1) is 18.3. The van der Waals surface area contributed by atoms with Gasteiger partial charge in [-0.25, -0.2) is 4.79 Å². The average molecular weight is 342 g/mol. The van der Waals surface area contributed by atoms with Crippen LogP contribution in [-0.4, -0.2) is 39.2 Å². The van der Waals surface area contributed by atoms with Crippen molar-refractivity contribution in [2.24, 2.45) is 0 Å². The van der Waals surface area contributed by atoms with Crippen LogP contribution < -0.4 is 15.0 Å². The summed E-state index contributed by atoms with van der Waals surface area (Å²) in [5, 5.41) is 2.73. The van der Waals surface area contributed by atoms with Gasteiger partial charge in [-0.3, -0.25) is 4.79 Å². The van der Waals surface area contributed by atoms with Gasteiger partial charge in [0.15, 0.2) is 6.10 Å². The maximum absolute atomic E-state index is 12.2. The molecule has 25 heavy (non-hydrogen) atoms. The Labute approximate surface area is 147 Å². The first-order valence-electron chi connectivity index (χ1n) is 7.84. The second-order valence-corrected chi connectivity index (χ2v) is 5.71. The van der Waals surface area contributed by atoms with Crippen molar-refractivity contribution in [3.8, 4) is 5.75 Å². The largest absolute Gasteiger partial charge is 0.497 e. The summed E-state index contributed by atoms with van der Waals surface area (Å²) < 4.78 is 10.2. The number of benzene rings is 2. The lowest BCUT2D eigenvalue weighted by molar-refractivity contribution is -0.123. The highest BCUT2D eigenvalue weighted by Crippen LogP contribution is 2.16. The van der Waals surface area contributed by atoms with Gasteiger partial charge in [-0.15, -0.1) is 0 Å². The minimum absolute atomic E-state index is 0.357. The van der Waals surface area contributed by atoms with Crippen LogP contribution >= 0.6 is 0 Å². The van der Waals surface area contributed by atoms with Crippen molar-refractivity contribution >= 4 is 23.3 Å². The number of nitrogens with one attached hydrogen (secondary N) is 1. The molecule has 0 saturated carbocycles. The van der Waals surface area contributed by atoms with Gasteiger partial charge in [0.1, 0.15) is 5.75 Å². The van der Waals surface area contributed by atoms with Gasteiger partial charge in [-0.05, 0) is 55.5 Å². The SMILES string of the molecule is COc1ccc(C(=O)O[C@H](C)C(=O)Nc2ccc(N(C)C)cc2)cc1. The molecule has 2 rings (SSSR count). The number of nitrogens with zero attached hydrogens (tertiary/aromatic N) is 1. The molecule has 0 unspecified atom stereocenters. The van der Waals surface area contributed by atoms with E-state index in [2.05, 4.69) is 5.32 Å². The Morgan fingerprint density at radius 3 is 2.12 bits per heavy atom. The van der Waals surface area contributed by atoms with E-state index in [0.29, 0.717) is 17.0 Å². The number of amides is 1. The Morgan fingerprint density at radius 1 is 1.00 bits per heavy atom. The fourth-order valence-electron chi connectivity index (χ4n) is 2.10. The summed E-state index contributed by atoms with van der Waals surface area (Å²) in [6.07, 6.45) is -0.914.